The summed E-state index contributed by atoms with van der Waals surface area (Å²) < 4.78 is 5.18. The van der Waals surface area contributed by atoms with Crippen LogP contribution in [0.25, 0.3) is 28.3 Å². The van der Waals surface area contributed by atoms with Gasteiger partial charge in [-0.05, 0) is 63.7 Å². The van der Waals surface area contributed by atoms with Gasteiger partial charge in [0.15, 0.2) is 11.5 Å². The molecular formula is C33H31N7O6. The lowest BCUT2D eigenvalue weighted by atomic mass is 9.92. The Labute approximate surface area is 264 Å². The molecule has 0 unspecified atom stereocenters. The Bertz CT molecular complexity index is 1800. The second-order valence-corrected chi connectivity index (χ2v) is 10.6. The maximum atomic E-state index is 11.2. The van der Waals surface area contributed by atoms with Gasteiger partial charge in [-0.25, -0.2) is 10.5 Å². The number of phenols is 1. The van der Waals surface area contributed by atoms with E-state index < -0.39 is 10.8 Å². The molecule has 3 heterocycles. The van der Waals surface area contributed by atoms with Crippen LogP contribution in [0, 0.1) is 21.4 Å². The highest BCUT2D eigenvalue weighted by Gasteiger charge is 2.26. The summed E-state index contributed by atoms with van der Waals surface area (Å²) in [5.74, 6) is -0.182. The summed E-state index contributed by atoms with van der Waals surface area (Å²) in [6.07, 6.45) is 7.50. The lowest BCUT2D eigenvalue weighted by Gasteiger charge is -2.34. The number of piperidine rings is 1. The quantitative estimate of drug-likeness (QED) is 0.0840. The van der Waals surface area contributed by atoms with Crippen molar-refractivity contribution in [2.24, 2.45) is 0 Å². The number of hydrogen-bond donors (Lipinski definition) is 4. The van der Waals surface area contributed by atoms with Crippen LogP contribution in [0.5, 0.6) is 11.5 Å². The number of pyridine rings is 2. The normalized spacial score (nSPS) is 13.4. The summed E-state index contributed by atoms with van der Waals surface area (Å²) in [6.45, 7) is 1.96. The van der Waals surface area contributed by atoms with Crippen LogP contribution in [-0.2, 0) is 11.3 Å². The molecule has 2 aromatic carbocycles. The third-order valence-corrected chi connectivity index (χ3v) is 7.79. The lowest BCUT2D eigenvalue weighted by molar-refractivity contribution is -0.389. The van der Waals surface area contributed by atoms with Gasteiger partial charge in [-0.15, -0.1) is 0 Å². The molecule has 234 valence electrons. The van der Waals surface area contributed by atoms with Gasteiger partial charge in [0.25, 0.3) is 5.91 Å². The monoisotopic (exact) mass is 621 g/mol. The Kier molecular flexibility index (Phi) is 9.81. The van der Waals surface area contributed by atoms with Crippen molar-refractivity contribution in [1.29, 1.82) is 5.26 Å². The average molecular weight is 622 g/mol. The van der Waals surface area contributed by atoms with Crippen molar-refractivity contribution in [3.05, 3.63) is 99.9 Å². The maximum Gasteiger partial charge on any atom is 0.363 e. The van der Waals surface area contributed by atoms with E-state index in [0.29, 0.717) is 59.0 Å². The standard InChI is InChI=1S/C33H31N7O6/c1-46-29-9-7-23(16-28(29)41)27-20-37-33(26(17-34)32(27)24-8-10-30(36-19-24)40(44)45)39-14-12-25(13-15-39)35-18-22-4-2-21(3-5-22)6-11-31(42)38-43/h2-11,16,19-20,25,35,41,43H,12-15,18H2,1H3,(H,38,42)/b11-6+. The molecule has 0 saturated carbocycles. The van der Waals surface area contributed by atoms with Crippen molar-refractivity contribution in [2.75, 3.05) is 25.1 Å². The van der Waals surface area contributed by atoms with Crippen LogP contribution in [0.2, 0.25) is 0 Å². The van der Waals surface area contributed by atoms with Crippen LogP contribution >= 0.6 is 0 Å². The number of phenolic OH excluding ortho intramolecular Hbond substituents is 1. The van der Waals surface area contributed by atoms with Gasteiger partial charge in [-0.3, -0.25) is 10.0 Å². The Morgan fingerprint density at radius 2 is 1.87 bits per heavy atom. The number of hydrogen-bond acceptors (Lipinski definition) is 11. The summed E-state index contributed by atoms with van der Waals surface area (Å²) in [6, 6.07) is 18.0. The van der Waals surface area contributed by atoms with Crippen molar-refractivity contribution in [3.63, 3.8) is 0 Å². The zero-order chi connectivity index (χ0) is 32.6. The Hall–Kier alpha value is -5.84. The highest BCUT2D eigenvalue weighted by Crippen LogP contribution is 2.41. The first kappa shape index (κ1) is 31.6. The van der Waals surface area contributed by atoms with Gasteiger partial charge in [0.05, 0.1) is 7.11 Å². The third kappa shape index (κ3) is 7.10. The van der Waals surface area contributed by atoms with E-state index in [9.17, 15) is 25.3 Å². The number of benzene rings is 2. The number of methoxy groups -OCH3 is 1. The largest absolute Gasteiger partial charge is 0.504 e. The molecule has 1 amide bonds. The fourth-order valence-corrected chi connectivity index (χ4v) is 5.38. The summed E-state index contributed by atoms with van der Waals surface area (Å²) in [7, 11) is 1.45. The molecule has 0 atom stereocenters. The Morgan fingerprint density at radius 3 is 2.48 bits per heavy atom. The fourth-order valence-electron chi connectivity index (χ4n) is 5.38. The van der Waals surface area contributed by atoms with Crippen LogP contribution < -0.4 is 20.4 Å². The summed E-state index contributed by atoms with van der Waals surface area (Å²) in [4.78, 5) is 32.6. The first-order valence-electron chi connectivity index (χ1n) is 14.4. The van der Waals surface area contributed by atoms with Gasteiger partial charge in [-0.2, -0.15) is 5.26 Å². The minimum absolute atomic E-state index is 0.0789. The SMILES string of the molecule is COc1ccc(-c2cnc(N3CCC(NCc4ccc(/C=C/C(=O)NO)cc4)CC3)c(C#N)c2-c2ccc([N+](=O)[O-])nc2)cc1O. The molecule has 1 aliphatic heterocycles. The number of carbonyl (C=O) groups is 1. The molecule has 0 bridgehead atoms. The summed E-state index contributed by atoms with van der Waals surface area (Å²) >= 11 is 0. The van der Waals surface area contributed by atoms with Gasteiger partial charge in [0.2, 0.25) is 0 Å². The molecule has 1 saturated heterocycles. The minimum Gasteiger partial charge on any atom is -0.504 e. The Morgan fingerprint density at radius 1 is 1.13 bits per heavy atom. The molecule has 0 radical (unpaired) electrons. The first-order valence-corrected chi connectivity index (χ1v) is 14.4. The van der Waals surface area contributed by atoms with Gasteiger partial charge in [0.1, 0.15) is 23.6 Å². The van der Waals surface area contributed by atoms with E-state index >= 15 is 0 Å². The topological polar surface area (TPSA) is 187 Å². The molecular weight excluding hydrogens is 590 g/mol. The van der Waals surface area contributed by atoms with E-state index in [-0.39, 0.29) is 17.6 Å². The number of nitrogens with one attached hydrogen (secondary N) is 2. The summed E-state index contributed by atoms with van der Waals surface area (Å²) in [5.41, 5.74) is 5.94. The van der Waals surface area contributed by atoms with Crippen LogP contribution in [0.1, 0.15) is 29.5 Å². The first-order chi connectivity index (χ1) is 22.3. The summed E-state index contributed by atoms with van der Waals surface area (Å²) in [5, 5.41) is 44.3. The highest BCUT2D eigenvalue weighted by molar-refractivity contribution is 5.91. The van der Waals surface area contributed by atoms with E-state index in [1.54, 1.807) is 36.0 Å². The van der Waals surface area contributed by atoms with E-state index in [2.05, 4.69) is 21.3 Å². The van der Waals surface area contributed by atoms with Gasteiger partial charge in [0, 0.05) is 60.7 Å². The number of rotatable bonds is 10. The number of anilines is 1. The zero-order valence-corrected chi connectivity index (χ0v) is 24.9. The lowest BCUT2D eigenvalue weighted by Crippen LogP contribution is -2.42. The van der Waals surface area contributed by atoms with Crippen LogP contribution in [-0.4, -0.2) is 57.4 Å². The predicted molar refractivity (Wildman–Crippen MR) is 170 cm³/mol. The minimum atomic E-state index is -0.595. The molecule has 0 spiro atoms. The number of hydroxylamine groups is 1. The number of aromatic nitrogens is 2. The maximum absolute atomic E-state index is 11.2. The van der Waals surface area contributed by atoms with E-state index in [1.807, 2.05) is 24.3 Å². The number of carbonyl (C=O) groups excluding carboxylic acids is 1. The molecule has 1 aliphatic rings. The van der Waals surface area contributed by atoms with Gasteiger partial charge in [-0.1, -0.05) is 30.3 Å². The number of nitriles is 1. The van der Waals surface area contributed by atoms with Crippen molar-refractivity contribution < 1.29 is 24.8 Å². The smallest absolute Gasteiger partial charge is 0.363 e. The van der Waals surface area contributed by atoms with Crippen molar-refractivity contribution >= 4 is 23.6 Å². The van der Waals surface area contributed by atoms with E-state index in [1.165, 1.54) is 31.5 Å². The number of amides is 1. The molecule has 0 aliphatic carbocycles. The van der Waals surface area contributed by atoms with Crippen LogP contribution in [0.15, 0.2) is 73.1 Å². The second kappa shape index (κ2) is 14.3. The molecule has 13 heteroatoms. The van der Waals surface area contributed by atoms with Gasteiger partial charge < -0.3 is 30.2 Å². The molecule has 1 fully saturated rings. The van der Waals surface area contributed by atoms with E-state index in [4.69, 9.17) is 14.9 Å². The van der Waals surface area contributed by atoms with E-state index in [0.717, 1.165) is 24.0 Å². The molecule has 5 rings (SSSR count). The van der Waals surface area contributed by atoms with Crippen molar-refractivity contribution in [3.8, 4) is 39.8 Å². The van der Waals surface area contributed by atoms with Crippen molar-refractivity contribution in [2.45, 2.75) is 25.4 Å². The predicted octanol–water partition coefficient (Wildman–Crippen LogP) is 4.58. The third-order valence-electron chi connectivity index (χ3n) is 7.79. The van der Waals surface area contributed by atoms with Crippen molar-refractivity contribution in [1.82, 2.24) is 20.8 Å². The Balaban J connectivity index is 1.35. The zero-order valence-electron chi connectivity index (χ0n) is 24.9. The molecule has 4 N–H and O–H groups in total. The second-order valence-electron chi connectivity index (χ2n) is 10.6. The number of aromatic hydroxyl groups is 1. The number of ether oxygens (including phenoxy) is 1. The fraction of sp³-hybridized carbons (Fsp3) is 0.212. The van der Waals surface area contributed by atoms with Crippen LogP contribution in [0.4, 0.5) is 11.6 Å². The average Bonchev–Trinajstić information content (AvgIpc) is 3.09. The number of nitrogens with zero attached hydrogens (tertiary/aromatic N) is 5. The number of nitro groups is 1. The van der Waals surface area contributed by atoms with Gasteiger partial charge >= 0.3 is 5.82 Å². The molecule has 13 nitrogen and oxygen atoms in total. The molecule has 46 heavy (non-hydrogen) atoms. The molecule has 4 aromatic rings. The van der Waals surface area contributed by atoms with Crippen LogP contribution in [0.3, 0.4) is 0 Å². The highest BCUT2D eigenvalue weighted by atomic mass is 16.6. The molecule has 2 aromatic heterocycles.